The first-order chi connectivity index (χ1) is 18.6. The number of ether oxygens (including phenoxy) is 5. The molecule has 39 heavy (non-hydrogen) atoms. The maximum atomic E-state index is 13.3. The summed E-state index contributed by atoms with van der Waals surface area (Å²) in [6.45, 7) is 1.65. The summed E-state index contributed by atoms with van der Waals surface area (Å²) in [5.41, 5.74) is -0.00529. The lowest BCUT2D eigenvalue weighted by molar-refractivity contribution is -0.175. The molecule has 0 radical (unpaired) electrons. The Balaban J connectivity index is 1.45. The zero-order valence-corrected chi connectivity index (χ0v) is 21.9. The first-order valence-electron chi connectivity index (χ1n) is 13.2. The first kappa shape index (κ1) is 27.0. The highest BCUT2D eigenvalue weighted by Gasteiger charge is 2.71. The Morgan fingerprint density at radius 2 is 1.97 bits per heavy atom. The molecular weight excluding hydrogens is 512 g/mol. The molecular formula is C28H32O11. The second kappa shape index (κ2) is 10.2. The lowest BCUT2D eigenvalue weighted by atomic mass is 9.47. The van der Waals surface area contributed by atoms with Gasteiger partial charge in [0.2, 0.25) is 6.10 Å². The van der Waals surface area contributed by atoms with Gasteiger partial charge in [0.1, 0.15) is 5.76 Å². The van der Waals surface area contributed by atoms with E-state index in [0.29, 0.717) is 24.3 Å². The molecule has 5 atom stereocenters. The van der Waals surface area contributed by atoms with Gasteiger partial charge in [0.05, 0.1) is 44.0 Å². The van der Waals surface area contributed by atoms with Crippen LogP contribution in [-0.4, -0.2) is 65.6 Å². The highest BCUT2D eigenvalue weighted by molar-refractivity contribution is 5.86. The fourth-order valence-electron chi connectivity index (χ4n) is 6.83. The molecule has 2 N–H and O–H groups in total. The van der Waals surface area contributed by atoms with E-state index in [2.05, 4.69) is 0 Å². The molecule has 5 rings (SSSR count). The molecule has 1 aromatic carbocycles. The lowest BCUT2D eigenvalue weighted by Gasteiger charge is -2.59. The van der Waals surface area contributed by atoms with Crippen molar-refractivity contribution in [3.8, 4) is 11.5 Å². The van der Waals surface area contributed by atoms with Crippen LogP contribution in [0.15, 0.2) is 24.0 Å². The quantitative estimate of drug-likeness (QED) is 0.329. The van der Waals surface area contributed by atoms with E-state index in [-0.39, 0.29) is 24.7 Å². The van der Waals surface area contributed by atoms with Crippen molar-refractivity contribution in [2.24, 2.45) is 5.92 Å². The van der Waals surface area contributed by atoms with Crippen LogP contribution in [0.5, 0.6) is 11.5 Å². The first-order valence-corrected chi connectivity index (χ1v) is 13.2. The average molecular weight is 545 g/mol. The second-order valence-corrected chi connectivity index (χ2v) is 10.4. The van der Waals surface area contributed by atoms with Crippen molar-refractivity contribution in [1.29, 1.82) is 0 Å². The van der Waals surface area contributed by atoms with E-state index >= 15 is 0 Å². The summed E-state index contributed by atoms with van der Waals surface area (Å²) in [6.07, 6.45) is 0.855. The Hall–Kier alpha value is -3.60. The number of aliphatic carboxylic acids is 1. The number of hydrogen-bond donors (Lipinski definition) is 2. The molecule has 0 saturated heterocycles. The van der Waals surface area contributed by atoms with Crippen molar-refractivity contribution >= 4 is 23.9 Å². The lowest BCUT2D eigenvalue weighted by Crippen LogP contribution is -2.67. The zero-order chi connectivity index (χ0) is 27.9. The molecule has 4 aliphatic rings. The van der Waals surface area contributed by atoms with Gasteiger partial charge in [0.25, 0.3) is 0 Å². The van der Waals surface area contributed by atoms with E-state index in [1.165, 1.54) is 7.11 Å². The van der Waals surface area contributed by atoms with Gasteiger partial charge in [0.15, 0.2) is 17.6 Å². The number of carboxylic acid groups (broad SMARTS) is 1. The number of carboxylic acids is 1. The summed E-state index contributed by atoms with van der Waals surface area (Å²) < 4.78 is 27.8. The topological polar surface area (TPSA) is 155 Å². The van der Waals surface area contributed by atoms with Crippen molar-refractivity contribution in [2.45, 2.75) is 81.5 Å². The predicted molar refractivity (Wildman–Crippen MR) is 132 cm³/mol. The van der Waals surface area contributed by atoms with E-state index in [0.717, 1.165) is 24.0 Å². The molecule has 0 unspecified atom stereocenters. The van der Waals surface area contributed by atoms with Crippen molar-refractivity contribution < 1.29 is 53.1 Å². The van der Waals surface area contributed by atoms with E-state index in [4.69, 9.17) is 28.8 Å². The number of hydrogen-bond acceptors (Lipinski definition) is 10. The van der Waals surface area contributed by atoms with Crippen molar-refractivity contribution in [3.63, 3.8) is 0 Å². The van der Waals surface area contributed by atoms with Crippen LogP contribution >= 0.6 is 0 Å². The number of methoxy groups -OCH3 is 1. The van der Waals surface area contributed by atoms with Crippen molar-refractivity contribution in [3.05, 3.63) is 35.1 Å². The van der Waals surface area contributed by atoms with Gasteiger partial charge in [-0.05, 0) is 56.2 Å². The normalized spacial score (nSPS) is 28.2. The SMILES string of the molecule is CCOC(=O)C[C@H](OC(=O)CCC(=O)O)C(=O)OC1=CC[C@]2(O)[C@H]3CCC[C@]24c2c(ccc(OC)c2O[C@H]14)C3. The highest BCUT2D eigenvalue weighted by Crippen LogP contribution is 2.67. The fraction of sp³-hybridized carbons (Fsp3) is 0.571. The summed E-state index contributed by atoms with van der Waals surface area (Å²) in [4.78, 5) is 48.6. The molecule has 0 aromatic heterocycles. The molecule has 11 nitrogen and oxygen atoms in total. The Labute approximate surface area is 225 Å². The minimum Gasteiger partial charge on any atom is -0.493 e. The van der Waals surface area contributed by atoms with E-state index in [1.807, 2.05) is 12.1 Å². The molecule has 1 aromatic rings. The van der Waals surface area contributed by atoms with Crippen LogP contribution in [0.25, 0.3) is 0 Å². The van der Waals surface area contributed by atoms with Crippen LogP contribution in [-0.2, 0) is 45.2 Å². The number of benzene rings is 1. The van der Waals surface area contributed by atoms with Gasteiger partial charge >= 0.3 is 23.9 Å². The summed E-state index contributed by atoms with van der Waals surface area (Å²) >= 11 is 0. The maximum Gasteiger partial charge on any atom is 0.353 e. The fourth-order valence-corrected chi connectivity index (χ4v) is 6.83. The Morgan fingerprint density at radius 3 is 2.69 bits per heavy atom. The van der Waals surface area contributed by atoms with Gasteiger partial charge < -0.3 is 33.9 Å². The third-order valence-electron chi connectivity index (χ3n) is 8.42. The van der Waals surface area contributed by atoms with Gasteiger partial charge in [0, 0.05) is 5.56 Å². The number of rotatable bonds is 10. The van der Waals surface area contributed by atoms with Crippen molar-refractivity contribution in [2.75, 3.05) is 13.7 Å². The molecule has 1 spiro atoms. The minimum absolute atomic E-state index is 0.00412. The van der Waals surface area contributed by atoms with Crippen LogP contribution in [0.2, 0.25) is 0 Å². The molecule has 1 fully saturated rings. The van der Waals surface area contributed by atoms with Gasteiger partial charge in [-0.1, -0.05) is 12.5 Å². The largest absolute Gasteiger partial charge is 0.493 e. The molecule has 0 amide bonds. The van der Waals surface area contributed by atoms with Gasteiger partial charge in [-0.15, -0.1) is 0 Å². The molecule has 2 bridgehead atoms. The number of aliphatic hydroxyl groups is 1. The van der Waals surface area contributed by atoms with E-state index in [1.54, 1.807) is 13.0 Å². The van der Waals surface area contributed by atoms with E-state index in [9.17, 15) is 24.3 Å². The van der Waals surface area contributed by atoms with Crippen LogP contribution in [0, 0.1) is 5.92 Å². The van der Waals surface area contributed by atoms with Crippen molar-refractivity contribution in [1.82, 2.24) is 0 Å². The van der Waals surface area contributed by atoms with Crippen LogP contribution in [0.1, 0.15) is 63.0 Å². The predicted octanol–water partition coefficient (Wildman–Crippen LogP) is 2.34. The molecule has 210 valence electrons. The number of carbonyl (C=O) groups excluding carboxylic acids is 3. The van der Waals surface area contributed by atoms with Crippen LogP contribution in [0.3, 0.4) is 0 Å². The monoisotopic (exact) mass is 544 g/mol. The standard InChI is InChI=1S/C28H32O11/c1-3-36-22(32)14-19(37-21(31)9-8-20(29)30)26(33)38-18-10-12-28(34)16-5-4-11-27(28)23-15(13-16)6-7-17(35-2)24(23)39-25(18)27/h6-7,10,16,19,25,34H,3-5,8-9,11-14H2,1-2H3,(H,29,30)/t16-,19-,25+,27+,28-/m0/s1. The van der Waals surface area contributed by atoms with Gasteiger partial charge in [-0.3, -0.25) is 14.4 Å². The molecule has 1 heterocycles. The smallest absolute Gasteiger partial charge is 0.353 e. The summed E-state index contributed by atoms with van der Waals surface area (Å²) in [5, 5.41) is 21.0. The van der Waals surface area contributed by atoms with Gasteiger partial charge in [-0.25, -0.2) is 4.79 Å². The third-order valence-corrected chi connectivity index (χ3v) is 8.42. The Morgan fingerprint density at radius 1 is 1.18 bits per heavy atom. The number of carbonyl (C=O) groups is 4. The number of esters is 3. The Kier molecular flexibility index (Phi) is 7.04. The third kappa shape index (κ3) is 4.32. The molecule has 11 heteroatoms. The highest BCUT2D eigenvalue weighted by atomic mass is 16.6. The second-order valence-electron chi connectivity index (χ2n) is 10.4. The van der Waals surface area contributed by atoms with E-state index < -0.39 is 66.4 Å². The van der Waals surface area contributed by atoms with Gasteiger partial charge in [-0.2, -0.15) is 0 Å². The van der Waals surface area contributed by atoms with Crippen LogP contribution in [0.4, 0.5) is 0 Å². The summed E-state index contributed by atoms with van der Waals surface area (Å²) in [5.74, 6) is -2.77. The maximum absolute atomic E-state index is 13.3. The molecule has 1 saturated carbocycles. The molecule has 3 aliphatic carbocycles. The Bertz CT molecular complexity index is 1240. The molecule has 1 aliphatic heterocycles. The summed E-state index contributed by atoms with van der Waals surface area (Å²) in [7, 11) is 1.54. The van der Waals surface area contributed by atoms with Crippen LogP contribution < -0.4 is 9.47 Å². The minimum atomic E-state index is -1.65. The zero-order valence-electron chi connectivity index (χ0n) is 21.9. The average Bonchev–Trinajstić information content (AvgIpc) is 3.24. The summed E-state index contributed by atoms with van der Waals surface area (Å²) in [6, 6.07) is 3.84.